The van der Waals surface area contributed by atoms with E-state index < -0.39 is 16.1 Å². The molecule has 0 aliphatic carbocycles. The molecule has 0 spiro atoms. The van der Waals surface area contributed by atoms with Gasteiger partial charge < -0.3 is 0 Å². The fourth-order valence-corrected chi connectivity index (χ4v) is 0. The van der Waals surface area contributed by atoms with Gasteiger partial charge in [-0.25, -0.2) is 0 Å². The largest absolute Gasteiger partial charge is 0.505 e. The molecule has 0 fully saturated rings. The van der Waals surface area contributed by atoms with Gasteiger partial charge in [-0.1, -0.05) is 0 Å². The summed E-state index contributed by atoms with van der Waals surface area (Å²) in [5, 5.41) is 0. The highest BCUT2D eigenvalue weighted by Crippen LogP contribution is 2.08. The van der Waals surface area contributed by atoms with Crippen LogP contribution in [0.1, 0.15) is 6.92 Å². The molecule has 2 atom stereocenters. The molecular weight excluding hydrogens is 162 g/mol. The fourth-order valence-electron chi connectivity index (χ4n) is 0. The van der Waals surface area contributed by atoms with E-state index in [0.717, 1.165) is 0 Å². The van der Waals surface area contributed by atoms with E-state index >= 15 is 0 Å². The van der Waals surface area contributed by atoms with Gasteiger partial charge in [0, 0.05) is 0 Å². The Kier molecular flexibility index (Phi) is 10.7. The first-order valence-electron chi connectivity index (χ1n) is 2.24. The van der Waals surface area contributed by atoms with Crippen LogP contribution in [-0.2, 0) is 9.13 Å². The SMILES string of the molecule is CC[P+](=O)O.C[P+](=O)O. The molecule has 9 heavy (non-hydrogen) atoms. The van der Waals surface area contributed by atoms with Gasteiger partial charge in [-0.15, -0.1) is 0 Å². The topological polar surface area (TPSA) is 74.6 Å². The molecule has 0 heterocycles. The van der Waals surface area contributed by atoms with Crippen LogP contribution in [0.2, 0.25) is 0 Å². The monoisotopic (exact) mass is 172 g/mol. The van der Waals surface area contributed by atoms with Gasteiger partial charge in [0.2, 0.25) is 0 Å². The third-order valence-corrected chi connectivity index (χ3v) is 0.812. The molecule has 6 heteroatoms. The molecular formula is C3H10O4P2+2. The van der Waals surface area contributed by atoms with Crippen molar-refractivity contribution in [3.63, 3.8) is 0 Å². The minimum Gasteiger partial charge on any atom is -0.161 e. The average Bonchev–Trinajstić information content (AvgIpc) is 1.65. The zero-order chi connectivity index (χ0) is 7.86. The second-order valence-corrected chi connectivity index (χ2v) is 3.40. The maximum absolute atomic E-state index is 9.52. The van der Waals surface area contributed by atoms with E-state index in [9.17, 15) is 4.57 Å². The highest BCUT2D eigenvalue weighted by molar-refractivity contribution is 7.37. The van der Waals surface area contributed by atoms with Crippen molar-refractivity contribution in [1.29, 1.82) is 0 Å². The van der Waals surface area contributed by atoms with Crippen molar-refractivity contribution in [2.45, 2.75) is 6.92 Å². The zero-order valence-corrected chi connectivity index (χ0v) is 7.10. The normalized spacial score (nSPS) is 11.1. The summed E-state index contributed by atoms with van der Waals surface area (Å²) in [5.74, 6) is 0. The van der Waals surface area contributed by atoms with Crippen LogP contribution in [0.4, 0.5) is 0 Å². The van der Waals surface area contributed by atoms with Crippen molar-refractivity contribution >= 4 is 16.1 Å². The minimum atomic E-state index is -1.87. The van der Waals surface area contributed by atoms with E-state index in [1.807, 2.05) is 0 Å². The smallest absolute Gasteiger partial charge is 0.161 e. The lowest BCUT2D eigenvalue weighted by atomic mass is 11.0. The van der Waals surface area contributed by atoms with E-state index in [2.05, 4.69) is 0 Å². The summed E-state index contributed by atoms with van der Waals surface area (Å²) in [7, 11) is -3.72. The average molecular weight is 172 g/mol. The van der Waals surface area contributed by atoms with Gasteiger partial charge >= 0.3 is 16.1 Å². The molecule has 0 aromatic rings. The van der Waals surface area contributed by atoms with E-state index in [-0.39, 0.29) is 0 Å². The summed E-state index contributed by atoms with van der Waals surface area (Å²) in [6.07, 6.45) is 0.370. The van der Waals surface area contributed by atoms with Gasteiger partial charge in [0.1, 0.15) is 0 Å². The number of hydrogen-bond donors (Lipinski definition) is 2. The summed E-state index contributed by atoms with van der Waals surface area (Å²) in [4.78, 5) is 15.4. The summed E-state index contributed by atoms with van der Waals surface area (Å²) in [6, 6.07) is 0. The number of rotatable bonds is 1. The van der Waals surface area contributed by atoms with Gasteiger partial charge in [0.15, 0.2) is 12.8 Å². The minimum absolute atomic E-state index is 0.370. The molecule has 0 aliphatic rings. The Morgan fingerprint density at radius 1 is 1.33 bits per heavy atom. The summed E-state index contributed by atoms with van der Waals surface area (Å²) >= 11 is 0. The van der Waals surface area contributed by atoms with Crippen LogP contribution in [0.5, 0.6) is 0 Å². The lowest BCUT2D eigenvalue weighted by Gasteiger charge is -1.53. The fraction of sp³-hybridized carbons (Fsp3) is 1.00. The van der Waals surface area contributed by atoms with Crippen LogP contribution >= 0.6 is 16.1 Å². The van der Waals surface area contributed by atoms with Crippen molar-refractivity contribution in [3.8, 4) is 0 Å². The lowest BCUT2D eigenvalue weighted by molar-refractivity contribution is 0.504. The second-order valence-electron chi connectivity index (χ2n) is 1.13. The third-order valence-electron chi connectivity index (χ3n) is 0.271. The van der Waals surface area contributed by atoms with Crippen LogP contribution in [0.3, 0.4) is 0 Å². The molecule has 4 nitrogen and oxygen atoms in total. The maximum Gasteiger partial charge on any atom is 0.505 e. The van der Waals surface area contributed by atoms with E-state index in [1.54, 1.807) is 6.92 Å². The van der Waals surface area contributed by atoms with Crippen molar-refractivity contribution in [1.82, 2.24) is 0 Å². The molecule has 54 valence electrons. The first-order chi connectivity index (χ1) is 4.00. The van der Waals surface area contributed by atoms with E-state index in [1.165, 1.54) is 6.66 Å². The predicted octanol–water partition coefficient (Wildman–Crippen LogP) is 1.09. The van der Waals surface area contributed by atoms with Crippen LogP contribution in [-0.4, -0.2) is 22.6 Å². The standard InChI is InChI=1S/C2H5O2P.CH3O2P/c1-2-5(3)4;1-4(2)3/h2H2,1H3;1H3/p+2. The first kappa shape index (κ1) is 11.9. The molecule has 0 bridgehead atoms. The van der Waals surface area contributed by atoms with E-state index in [0.29, 0.717) is 6.16 Å². The Morgan fingerprint density at radius 2 is 1.44 bits per heavy atom. The Labute approximate surface area is 55.6 Å². The molecule has 2 unspecified atom stereocenters. The van der Waals surface area contributed by atoms with Crippen LogP contribution in [0.25, 0.3) is 0 Å². The van der Waals surface area contributed by atoms with Crippen molar-refractivity contribution in [2.75, 3.05) is 12.8 Å². The van der Waals surface area contributed by atoms with Crippen molar-refractivity contribution < 1.29 is 18.9 Å². The van der Waals surface area contributed by atoms with Gasteiger partial charge in [-0.3, -0.25) is 0 Å². The van der Waals surface area contributed by atoms with Gasteiger partial charge in [0.05, 0.1) is 0 Å². The molecule has 0 aliphatic heterocycles. The molecule has 0 radical (unpaired) electrons. The molecule has 0 amide bonds. The van der Waals surface area contributed by atoms with Crippen molar-refractivity contribution in [3.05, 3.63) is 0 Å². The summed E-state index contributed by atoms with van der Waals surface area (Å²) < 4.78 is 18.7. The number of hydrogen-bond acceptors (Lipinski definition) is 2. The highest BCUT2D eigenvalue weighted by Gasteiger charge is 1.98. The van der Waals surface area contributed by atoms with Crippen LogP contribution in [0, 0.1) is 0 Å². The molecule has 0 saturated carbocycles. The Morgan fingerprint density at radius 3 is 1.44 bits per heavy atom. The van der Waals surface area contributed by atoms with Gasteiger partial charge in [-0.2, -0.15) is 9.79 Å². The molecule has 0 aromatic heterocycles. The molecule has 0 rings (SSSR count). The van der Waals surface area contributed by atoms with Crippen molar-refractivity contribution in [2.24, 2.45) is 0 Å². The quantitative estimate of drug-likeness (QED) is 0.580. The maximum atomic E-state index is 9.52. The van der Waals surface area contributed by atoms with Gasteiger partial charge in [0.25, 0.3) is 0 Å². The third kappa shape index (κ3) is 67.7. The summed E-state index contributed by atoms with van der Waals surface area (Å²) in [5.41, 5.74) is 0. The first-order valence-corrected chi connectivity index (χ1v) is 5.29. The summed E-state index contributed by atoms with van der Waals surface area (Å²) in [6.45, 7) is 2.90. The molecule has 0 aromatic carbocycles. The predicted molar refractivity (Wildman–Crippen MR) is 36.1 cm³/mol. The zero-order valence-electron chi connectivity index (χ0n) is 5.31. The lowest BCUT2D eigenvalue weighted by Crippen LogP contribution is -1.56. The molecule has 0 saturated heterocycles. The highest BCUT2D eigenvalue weighted by atomic mass is 31.1. The van der Waals surface area contributed by atoms with Crippen LogP contribution < -0.4 is 0 Å². The molecule has 2 N–H and O–H groups in total. The Hall–Kier alpha value is 0.120. The Balaban J connectivity index is 0. The Bertz CT molecular complexity index is 98.0. The van der Waals surface area contributed by atoms with Crippen LogP contribution in [0.15, 0.2) is 0 Å². The van der Waals surface area contributed by atoms with Gasteiger partial charge in [-0.05, 0) is 16.1 Å². The van der Waals surface area contributed by atoms with E-state index in [4.69, 9.17) is 14.4 Å². The second kappa shape index (κ2) is 8.12.